The zero-order valence-corrected chi connectivity index (χ0v) is 13.0. The minimum absolute atomic E-state index is 0.0832. The van der Waals surface area contributed by atoms with Crippen molar-refractivity contribution in [3.05, 3.63) is 46.9 Å². The molecule has 7 heteroatoms. The van der Waals surface area contributed by atoms with Crippen LogP contribution in [0.3, 0.4) is 0 Å². The lowest BCUT2D eigenvalue weighted by atomic mass is 10.1. The molecule has 0 radical (unpaired) electrons. The number of carboxylic acids is 1. The minimum Gasteiger partial charge on any atom is -0.493 e. The van der Waals surface area contributed by atoms with E-state index >= 15 is 0 Å². The van der Waals surface area contributed by atoms with Crippen molar-refractivity contribution < 1.29 is 28.6 Å². The lowest BCUT2D eigenvalue weighted by Crippen LogP contribution is -2.23. The molecule has 1 aromatic heterocycles. The Bertz CT molecular complexity index is 734. The predicted octanol–water partition coefficient (Wildman–Crippen LogP) is 2.23. The maximum atomic E-state index is 12.3. The number of aromatic carboxylic acids is 1. The molecule has 7 nitrogen and oxygen atoms in total. The fourth-order valence-electron chi connectivity index (χ4n) is 2.08. The largest absolute Gasteiger partial charge is 0.493 e. The Morgan fingerprint density at radius 1 is 1.17 bits per heavy atom. The van der Waals surface area contributed by atoms with E-state index in [2.05, 4.69) is 5.32 Å². The number of aryl methyl sites for hydroxylation is 1. The third kappa shape index (κ3) is 3.63. The van der Waals surface area contributed by atoms with Gasteiger partial charge in [-0.2, -0.15) is 0 Å². The number of carbonyl (C=O) groups excluding carboxylic acids is 1. The second-order valence-electron chi connectivity index (χ2n) is 4.78. The number of rotatable bonds is 6. The summed E-state index contributed by atoms with van der Waals surface area (Å²) in [6.07, 6.45) is 0. The number of benzene rings is 1. The first kappa shape index (κ1) is 16.4. The van der Waals surface area contributed by atoms with Gasteiger partial charge in [-0.05, 0) is 36.8 Å². The summed E-state index contributed by atoms with van der Waals surface area (Å²) in [4.78, 5) is 23.0. The molecule has 2 aromatic rings. The van der Waals surface area contributed by atoms with Gasteiger partial charge in [-0.3, -0.25) is 4.79 Å². The molecule has 0 unspecified atom stereocenters. The average molecular weight is 319 g/mol. The van der Waals surface area contributed by atoms with Crippen LogP contribution in [0.5, 0.6) is 11.5 Å². The van der Waals surface area contributed by atoms with Crippen molar-refractivity contribution in [2.75, 3.05) is 14.2 Å². The van der Waals surface area contributed by atoms with Gasteiger partial charge in [0.15, 0.2) is 11.5 Å². The van der Waals surface area contributed by atoms with Crippen molar-refractivity contribution >= 4 is 11.9 Å². The molecule has 0 fully saturated rings. The van der Waals surface area contributed by atoms with E-state index in [-0.39, 0.29) is 18.2 Å². The Kier molecular flexibility index (Phi) is 4.90. The normalized spacial score (nSPS) is 10.2. The van der Waals surface area contributed by atoms with Crippen molar-refractivity contribution in [1.82, 2.24) is 5.32 Å². The van der Waals surface area contributed by atoms with Gasteiger partial charge in [0.25, 0.3) is 5.91 Å². The second-order valence-corrected chi connectivity index (χ2v) is 4.78. The number of furan rings is 1. The maximum Gasteiger partial charge on any atom is 0.371 e. The van der Waals surface area contributed by atoms with Gasteiger partial charge < -0.3 is 24.3 Å². The summed E-state index contributed by atoms with van der Waals surface area (Å²) in [5.74, 6) is -0.298. The van der Waals surface area contributed by atoms with Crippen molar-refractivity contribution in [3.8, 4) is 11.5 Å². The van der Waals surface area contributed by atoms with Gasteiger partial charge in [0, 0.05) is 5.56 Å². The van der Waals surface area contributed by atoms with Crippen molar-refractivity contribution in [3.63, 3.8) is 0 Å². The molecule has 0 bridgehead atoms. The highest BCUT2D eigenvalue weighted by atomic mass is 16.5. The zero-order chi connectivity index (χ0) is 17.0. The molecule has 2 rings (SSSR count). The summed E-state index contributed by atoms with van der Waals surface area (Å²) >= 11 is 0. The van der Waals surface area contributed by atoms with E-state index in [1.807, 2.05) is 0 Å². The van der Waals surface area contributed by atoms with E-state index in [4.69, 9.17) is 19.0 Å². The highest BCUT2D eigenvalue weighted by Gasteiger charge is 2.15. The van der Waals surface area contributed by atoms with Crippen LogP contribution in [0.4, 0.5) is 0 Å². The molecule has 0 aliphatic rings. The summed E-state index contributed by atoms with van der Waals surface area (Å²) in [5, 5.41) is 11.5. The summed E-state index contributed by atoms with van der Waals surface area (Å²) in [6, 6.07) is 6.15. The molecule has 0 saturated heterocycles. The Morgan fingerprint density at radius 2 is 1.83 bits per heavy atom. The summed E-state index contributed by atoms with van der Waals surface area (Å²) < 4.78 is 15.4. The predicted molar refractivity (Wildman–Crippen MR) is 81.1 cm³/mol. The van der Waals surface area contributed by atoms with Crippen LogP contribution in [0.2, 0.25) is 0 Å². The lowest BCUT2D eigenvalue weighted by molar-refractivity contribution is 0.0660. The number of hydrogen-bond acceptors (Lipinski definition) is 5. The Balaban J connectivity index is 2.12. The van der Waals surface area contributed by atoms with Gasteiger partial charge in [-0.1, -0.05) is 0 Å². The quantitative estimate of drug-likeness (QED) is 0.847. The van der Waals surface area contributed by atoms with E-state index in [1.165, 1.54) is 26.4 Å². The Hall–Kier alpha value is -2.96. The zero-order valence-electron chi connectivity index (χ0n) is 13.0. The van der Waals surface area contributed by atoms with Crippen LogP contribution < -0.4 is 14.8 Å². The van der Waals surface area contributed by atoms with Crippen molar-refractivity contribution in [1.29, 1.82) is 0 Å². The monoisotopic (exact) mass is 319 g/mol. The molecule has 23 heavy (non-hydrogen) atoms. The maximum absolute atomic E-state index is 12.3. The third-order valence-electron chi connectivity index (χ3n) is 3.27. The molecule has 0 saturated carbocycles. The van der Waals surface area contributed by atoms with Crippen LogP contribution in [-0.4, -0.2) is 31.2 Å². The minimum atomic E-state index is -1.15. The average Bonchev–Trinajstić information content (AvgIpc) is 3.01. The molecule has 122 valence electrons. The number of ether oxygens (including phenoxy) is 2. The molecule has 1 heterocycles. The summed E-state index contributed by atoms with van der Waals surface area (Å²) in [7, 11) is 3.01. The van der Waals surface area contributed by atoms with Gasteiger partial charge in [0.2, 0.25) is 5.76 Å². The Morgan fingerprint density at radius 3 is 2.39 bits per heavy atom. The standard InChI is InChI=1S/C16H17NO6/c1-9-6-13(21-2)14(22-3)7-11(9)15(18)17-8-10-4-5-12(23-10)16(19)20/h4-7H,8H2,1-3H3,(H,17,18)(H,19,20). The molecule has 1 aromatic carbocycles. The first-order valence-corrected chi connectivity index (χ1v) is 6.79. The van der Waals surface area contributed by atoms with Gasteiger partial charge >= 0.3 is 5.97 Å². The van der Waals surface area contributed by atoms with Gasteiger partial charge in [0.05, 0.1) is 20.8 Å². The molecule has 0 aliphatic heterocycles. The SMILES string of the molecule is COc1cc(C)c(C(=O)NCc2ccc(C(=O)O)o2)cc1OC. The third-order valence-corrected chi connectivity index (χ3v) is 3.27. The van der Waals surface area contributed by atoms with Crippen LogP contribution in [-0.2, 0) is 6.54 Å². The van der Waals surface area contributed by atoms with E-state index in [1.54, 1.807) is 19.1 Å². The lowest BCUT2D eigenvalue weighted by Gasteiger charge is -2.12. The van der Waals surface area contributed by atoms with Gasteiger partial charge in [-0.25, -0.2) is 4.79 Å². The van der Waals surface area contributed by atoms with Crippen LogP contribution >= 0.6 is 0 Å². The molecule has 0 atom stereocenters. The van der Waals surface area contributed by atoms with E-state index in [0.717, 1.165) is 5.56 Å². The number of nitrogens with one attached hydrogen (secondary N) is 1. The van der Waals surface area contributed by atoms with Gasteiger partial charge in [0.1, 0.15) is 5.76 Å². The fraction of sp³-hybridized carbons (Fsp3) is 0.250. The summed E-state index contributed by atoms with van der Waals surface area (Å²) in [5.41, 5.74) is 1.17. The number of methoxy groups -OCH3 is 2. The van der Waals surface area contributed by atoms with Crippen molar-refractivity contribution in [2.24, 2.45) is 0 Å². The van der Waals surface area contributed by atoms with E-state index in [0.29, 0.717) is 22.8 Å². The molecule has 1 amide bonds. The van der Waals surface area contributed by atoms with Crippen LogP contribution in [0.25, 0.3) is 0 Å². The van der Waals surface area contributed by atoms with Crippen LogP contribution in [0, 0.1) is 6.92 Å². The van der Waals surface area contributed by atoms with E-state index in [9.17, 15) is 9.59 Å². The highest BCUT2D eigenvalue weighted by Crippen LogP contribution is 2.30. The number of carbonyl (C=O) groups is 2. The smallest absolute Gasteiger partial charge is 0.371 e. The van der Waals surface area contributed by atoms with Crippen LogP contribution in [0.1, 0.15) is 32.2 Å². The topological polar surface area (TPSA) is 98.0 Å². The molecule has 0 aliphatic carbocycles. The van der Waals surface area contributed by atoms with Crippen LogP contribution in [0.15, 0.2) is 28.7 Å². The molecular weight excluding hydrogens is 302 g/mol. The second kappa shape index (κ2) is 6.87. The number of carboxylic acid groups (broad SMARTS) is 1. The first-order chi connectivity index (χ1) is 11.0. The van der Waals surface area contributed by atoms with Crippen molar-refractivity contribution in [2.45, 2.75) is 13.5 Å². The molecular formula is C16H17NO6. The van der Waals surface area contributed by atoms with E-state index < -0.39 is 5.97 Å². The van der Waals surface area contributed by atoms with Gasteiger partial charge in [-0.15, -0.1) is 0 Å². The fourth-order valence-corrected chi connectivity index (χ4v) is 2.08. The Labute approximate surface area is 132 Å². The summed E-state index contributed by atoms with van der Waals surface area (Å²) in [6.45, 7) is 1.87. The number of hydrogen-bond donors (Lipinski definition) is 2. The first-order valence-electron chi connectivity index (χ1n) is 6.79. The number of amides is 1. The highest BCUT2D eigenvalue weighted by molar-refractivity contribution is 5.96. The molecule has 0 spiro atoms. The molecule has 2 N–H and O–H groups in total.